The summed E-state index contributed by atoms with van der Waals surface area (Å²) < 4.78 is 5.82. The summed E-state index contributed by atoms with van der Waals surface area (Å²) in [5.74, 6) is -2.91. The molecule has 2 aromatic rings. The quantitative estimate of drug-likeness (QED) is 0.285. The molecule has 2 bridgehead atoms. The number of rotatable bonds is 5. The molecular weight excluding hydrogens is 595 g/mol. The average Bonchev–Trinajstić information content (AvgIpc) is 3.48. The second-order valence-electron chi connectivity index (χ2n) is 9.22. The second-order valence-corrected chi connectivity index (χ2v) is 11.5. The van der Waals surface area contributed by atoms with Crippen LogP contribution >= 0.6 is 50.7 Å². The van der Waals surface area contributed by atoms with Gasteiger partial charge in [-0.15, -0.1) is 23.2 Å². The van der Waals surface area contributed by atoms with Gasteiger partial charge in [-0.25, -0.2) is 4.79 Å². The smallest absolute Gasteiger partial charge is 0.338 e. The Morgan fingerprint density at radius 3 is 2.19 bits per heavy atom. The predicted molar refractivity (Wildman–Crippen MR) is 140 cm³/mol. The number of alkyl halides is 2. The molecule has 0 aromatic heterocycles. The first-order valence-electron chi connectivity index (χ1n) is 11.3. The van der Waals surface area contributed by atoms with E-state index in [1.807, 2.05) is 0 Å². The Bertz CT molecular complexity index is 1260. The molecule has 1 saturated heterocycles. The number of carbonyl (C=O) groups excluding carboxylic acids is 4. The molecule has 1 N–H and O–H groups in total. The molecule has 11 heteroatoms. The Kier molecular flexibility index (Phi) is 6.83. The van der Waals surface area contributed by atoms with Gasteiger partial charge in [-0.3, -0.25) is 19.3 Å². The van der Waals surface area contributed by atoms with Crippen LogP contribution in [0.3, 0.4) is 0 Å². The summed E-state index contributed by atoms with van der Waals surface area (Å²) in [6.45, 7) is 1.26. The number of imide groups is 1. The molecule has 3 aliphatic rings. The summed E-state index contributed by atoms with van der Waals surface area (Å²) in [7, 11) is 0. The number of nitrogens with zero attached hydrogens (tertiary/aromatic N) is 1. The molecular formula is C25H20BrCl3N2O5. The van der Waals surface area contributed by atoms with Crippen molar-refractivity contribution in [3.63, 3.8) is 0 Å². The maximum absolute atomic E-state index is 13.1. The maximum atomic E-state index is 13.1. The molecule has 3 fully saturated rings. The van der Waals surface area contributed by atoms with Gasteiger partial charge in [0.15, 0.2) is 6.61 Å². The van der Waals surface area contributed by atoms with Gasteiger partial charge in [0.25, 0.3) is 5.91 Å². The topological polar surface area (TPSA) is 92.8 Å². The van der Waals surface area contributed by atoms with Crippen molar-refractivity contribution < 1.29 is 23.9 Å². The molecule has 1 aliphatic heterocycles. The van der Waals surface area contributed by atoms with E-state index in [1.165, 1.54) is 29.2 Å². The van der Waals surface area contributed by atoms with E-state index >= 15 is 0 Å². The van der Waals surface area contributed by atoms with Gasteiger partial charge in [0, 0.05) is 10.2 Å². The van der Waals surface area contributed by atoms with Gasteiger partial charge in [0.2, 0.25) is 11.8 Å². The molecule has 0 spiro atoms. The van der Waals surface area contributed by atoms with E-state index < -0.39 is 30.3 Å². The van der Waals surface area contributed by atoms with Gasteiger partial charge in [0.05, 0.1) is 38.9 Å². The molecule has 2 saturated carbocycles. The zero-order valence-electron chi connectivity index (χ0n) is 18.8. The Morgan fingerprint density at radius 2 is 1.61 bits per heavy atom. The summed E-state index contributed by atoms with van der Waals surface area (Å²) in [5.41, 5.74) is 1.73. The van der Waals surface area contributed by atoms with E-state index in [1.54, 1.807) is 19.1 Å². The minimum atomic E-state index is -0.716. The minimum Gasteiger partial charge on any atom is -0.452 e. The molecule has 6 atom stereocenters. The lowest BCUT2D eigenvalue weighted by Crippen LogP contribution is -2.37. The van der Waals surface area contributed by atoms with Crippen molar-refractivity contribution in [2.24, 2.45) is 23.7 Å². The third kappa shape index (κ3) is 4.12. The monoisotopic (exact) mass is 612 g/mol. The van der Waals surface area contributed by atoms with E-state index in [2.05, 4.69) is 21.2 Å². The number of carbonyl (C=O) groups is 4. The summed E-state index contributed by atoms with van der Waals surface area (Å²) in [5, 5.41) is 2.48. The van der Waals surface area contributed by atoms with E-state index in [-0.39, 0.29) is 40.0 Å². The highest BCUT2D eigenvalue weighted by molar-refractivity contribution is 9.10. The van der Waals surface area contributed by atoms with Crippen LogP contribution in [-0.4, -0.2) is 41.1 Å². The first-order valence-corrected chi connectivity index (χ1v) is 13.3. The summed E-state index contributed by atoms with van der Waals surface area (Å²) in [6, 6.07) is 9.32. The summed E-state index contributed by atoms with van der Waals surface area (Å²) in [4.78, 5) is 52.1. The fourth-order valence-corrected chi connectivity index (χ4v) is 7.03. The molecule has 1 heterocycles. The molecule has 188 valence electrons. The van der Waals surface area contributed by atoms with E-state index in [0.717, 1.165) is 0 Å². The first-order chi connectivity index (χ1) is 17.1. The SMILES string of the molecule is Cc1c(NC(=O)COC(=O)c2ccc(N3C(=O)[C@@H]4[C@H]5C[C@@H]([C@H](Cl)[C@@H]5Cl)[C@@H]4C3=O)cc2)ccc(Br)c1Cl. The third-order valence-electron chi connectivity index (χ3n) is 7.30. The van der Waals surface area contributed by atoms with Crippen LogP contribution in [-0.2, 0) is 19.1 Å². The number of amides is 3. The Hall–Kier alpha value is -2.13. The molecule has 36 heavy (non-hydrogen) atoms. The van der Waals surface area contributed by atoms with Crippen molar-refractivity contribution in [3.8, 4) is 0 Å². The number of hydrogen-bond donors (Lipinski definition) is 1. The van der Waals surface area contributed by atoms with Crippen molar-refractivity contribution in [2.45, 2.75) is 24.1 Å². The Labute approximate surface area is 230 Å². The summed E-state index contributed by atoms with van der Waals surface area (Å²) >= 11 is 22.3. The standard InChI is InChI=1S/C25H20BrCl3N2O5/c1-10-16(7-6-15(26)20(10)27)30-17(32)9-36-25(35)11-2-4-12(5-3-11)31-23(33)18-13-8-14(19(18)24(31)34)22(29)21(13)28/h2-7,13-14,18-19,21-22H,8-9H2,1H3,(H,30,32)/t13-,14-,18-,19+,21-,22+/m1/s1. The lowest BCUT2D eigenvalue weighted by atomic mass is 9.80. The highest BCUT2D eigenvalue weighted by atomic mass is 79.9. The van der Waals surface area contributed by atoms with Gasteiger partial charge in [-0.2, -0.15) is 0 Å². The third-order valence-corrected chi connectivity index (χ3v) is 9.99. The van der Waals surface area contributed by atoms with Crippen LogP contribution < -0.4 is 10.2 Å². The molecule has 3 amide bonds. The zero-order chi connectivity index (χ0) is 25.9. The average molecular weight is 615 g/mol. The molecule has 0 radical (unpaired) electrons. The maximum Gasteiger partial charge on any atom is 0.338 e. The Morgan fingerprint density at radius 1 is 1.03 bits per heavy atom. The lowest BCUT2D eigenvalue weighted by molar-refractivity contribution is -0.123. The number of esters is 1. The van der Waals surface area contributed by atoms with Crippen LogP contribution in [0.15, 0.2) is 40.9 Å². The van der Waals surface area contributed by atoms with Crippen LogP contribution in [0.2, 0.25) is 5.02 Å². The van der Waals surface area contributed by atoms with Crippen molar-refractivity contribution in [2.75, 3.05) is 16.8 Å². The number of ether oxygens (including phenoxy) is 1. The van der Waals surface area contributed by atoms with Gasteiger partial charge in [0.1, 0.15) is 0 Å². The van der Waals surface area contributed by atoms with E-state index in [9.17, 15) is 19.2 Å². The largest absolute Gasteiger partial charge is 0.452 e. The van der Waals surface area contributed by atoms with Crippen molar-refractivity contribution in [1.29, 1.82) is 0 Å². The van der Waals surface area contributed by atoms with E-state index in [4.69, 9.17) is 39.5 Å². The molecule has 5 rings (SSSR count). The van der Waals surface area contributed by atoms with Crippen LogP contribution in [0.1, 0.15) is 22.3 Å². The van der Waals surface area contributed by atoms with E-state index in [0.29, 0.717) is 32.9 Å². The number of anilines is 2. The normalized spacial score (nSPS) is 28.4. The van der Waals surface area contributed by atoms with Crippen molar-refractivity contribution in [3.05, 3.63) is 57.0 Å². The van der Waals surface area contributed by atoms with Gasteiger partial charge in [-0.1, -0.05) is 11.6 Å². The highest BCUT2D eigenvalue weighted by Gasteiger charge is 2.66. The highest BCUT2D eigenvalue weighted by Crippen LogP contribution is 2.59. The molecule has 0 unspecified atom stereocenters. The van der Waals surface area contributed by atoms with Crippen molar-refractivity contribution >= 4 is 85.8 Å². The van der Waals surface area contributed by atoms with Crippen LogP contribution in [0.4, 0.5) is 11.4 Å². The van der Waals surface area contributed by atoms with Gasteiger partial charge in [-0.05, 0) is 83.1 Å². The van der Waals surface area contributed by atoms with Crippen LogP contribution in [0, 0.1) is 30.6 Å². The molecule has 7 nitrogen and oxygen atoms in total. The number of hydrogen-bond acceptors (Lipinski definition) is 5. The Balaban J connectivity index is 1.21. The molecule has 2 aliphatic carbocycles. The first kappa shape index (κ1) is 25.5. The summed E-state index contributed by atoms with van der Waals surface area (Å²) in [6.07, 6.45) is 0.690. The number of halogens is 4. The van der Waals surface area contributed by atoms with Crippen LogP contribution in [0.25, 0.3) is 0 Å². The van der Waals surface area contributed by atoms with Gasteiger partial charge >= 0.3 is 5.97 Å². The fraction of sp³-hybridized carbons (Fsp3) is 0.360. The predicted octanol–water partition coefficient (Wildman–Crippen LogP) is 5.18. The lowest BCUT2D eigenvalue weighted by Gasteiger charge is -2.28. The zero-order valence-corrected chi connectivity index (χ0v) is 22.7. The second kappa shape index (κ2) is 9.63. The number of nitrogens with one attached hydrogen (secondary N) is 1. The van der Waals surface area contributed by atoms with Crippen LogP contribution in [0.5, 0.6) is 0 Å². The number of fused-ring (bicyclic) bond motifs is 5. The number of benzene rings is 2. The minimum absolute atomic E-state index is 0.108. The fourth-order valence-electron chi connectivity index (χ4n) is 5.54. The molecule has 2 aromatic carbocycles. The van der Waals surface area contributed by atoms with Gasteiger partial charge < -0.3 is 10.1 Å². The van der Waals surface area contributed by atoms with Crippen molar-refractivity contribution in [1.82, 2.24) is 0 Å².